The molecule has 0 aliphatic carbocycles. The van der Waals surface area contributed by atoms with Gasteiger partial charge in [0.05, 0.1) is 26.0 Å². The highest BCUT2D eigenvalue weighted by Gasteiger charge is 2.13. The molecule has 0 aliphatic heterocycles. The number of anilines is 2. The van der Waals surface area contributed by atoms with Crippen LogP contribution >= 0.6 is 0 Å². The van der Waals surface area contributed by atoms with E-state index in [0.717, 1.165) is 12.8 Å². The number of benzene rings is 2. The second kappa shape index (κ2) is 9.56. The Hall–Kier alpha value is -2.89. The number of unbranched alkanes of at least 4 members (excludes halogenated alkanes) is 1. The van der Waals surface area contributed by atoms with Crippen molar-refractivity contribution in [2.75, 3.05) is 31.4 Å². The average Bonchev–Trinajstić information content (AvgIpc) is 2.63. The van der Waals surface area contributed by atoms with E-state index in [1.807, 2.05) is 6.92 Å². The fourth-order valence-corrected chi connectivity index (χ4v) is 2.38. The minimum Gasteiger partial charge on any atom is -0.495 e. The van der Waals surface area contributed by atoms with E-state index in [4.69, 9.17) is 19.9 Å². The van der Waals surface area contributed by atoms with Crippen molar-refractivity contribution in [2.24, 2.45) is 0 Å². The standard InChI is InChI=1S/C20H26N2O4/c1-4-6-11-26-18-9-7-14(12-19(18)25-5-2)20(23)22-15-8-10-17(24-3)16(21)13-15/h7-10,12-13H,4-6,11,21H2,1-3H3,(H,22,23). The van der Waals surface area contributed by atoms with Gasteiger partial charge in [-0.2, -0.15) is 0 Å². The van der Waals surface area contributed by atoms with Crippen molar-refractivity contribution in [3.63, 3.8) is 0 Å². The molecule has 0 aromatic heterocycles. The van der Waals surface area contributed by atoms with Crippen LogP contribution in [-0.2, 0) is 0 Å². The van der Waals surface area contributed by atoms with Crippen molar-refractivity contribution in [1.29, 1.82) is 0 Å². The molecule has 0 spiro atoms. The van der Waals surface area contributed by atoms with Crippen LogP contribution in [0.4, 0.5) is 11.4 Å². The summed E-state index contributed by atoms with van der Waals surface area (Å²) in [5, 5.41) is 2.82. The van der Waals surface area contributed by atoms with Crippen LogP contribution < -0.4 is 25.3 Å². The van der Waals surface area contributed by atoms with E-state index in [1.165, 1.54) is 0 Å². The molecule has 0 saturated heterocycles. The first-order valence-electron chi connectivity index (χ1n) is 8.73. The minimum absolute atomic E-state index is 0.254. The van der Waals surface area contributed by atoms with E-state index in [2.05, 4.69) is 12.2 Å². The van der Waals surface area contributed by atoms with Gasteiger partial charge in [-0.25, -0.2) is 0 Å². The molecule has 2 aromatic carbocycles. The van der Waals surface area contributed by atoms with E-state index in [-0.39, 0.29) is 5.91 Å². The Morgan fingerprint density at radius 1 is 1.04 bits per heavy atom. The van der Waals surface area contributed by atoms with Crippen LogP contribution in [0.5, 0.6) is 17.2 Å². The molecule has 0 heterocycles. The predicted molar refractivity (Wildman–Crippen MR) is 103 cm³/mol. The fraction of sp³-hybridized carbons (Fsp3) is 0.350. The molecular formula is C20H26N2O4. The lowest BCUT2D eigenvalue weighted by Crippen LogP contribution is -2.13. The number of nitrogens with two attached hydrogens (primary N) is 1. The largest absolute Gasteiger partial charge is 0.495 e. The Labute approximate surface area is 154 Å². The molecule has 6 heteroatoms. The van der Waals surface area contributed by atoms with Gasteiger partial charge in [0, 0.05) is 11.3 Å². The van der Waals surface area contributed by atoms with E-state index in [0.29, 0.717) is 47.4 Å². The van der Waals surface area contributed by atoms with Crippen LogP contribution in [0, 0.1) is 0 Å². The number of rotatable bonds is 9. The zero-order valence-electron chi connectivity index (χ0n) is 15.5. The van der Waals surface area contributed by atoms with Crippen molar-refractivity contribution < 1.29 is 19.0 Å². The molecule has 0 saturated carbocycles. The van der Waals surface area contributed by atoms with Crippen LogP contribution in [0.1, 0.15) is 37.0 Å². The first-order valence-corrected chi connectivity index (χ1v) is 8.73. The number of nitrogen functional groups attached to an aromatic ring is 1. The molecule has 0 fully saturated rings. The molecule has 26 heavy (non-hydrogen) atoms. The summed E-state index contributed by atoms with van der Waals surface area (Å²) in [6.07, 6.45) is 2.02. The Bertz CT molecular complexity index is 747. The van der Waals surface area contributed by atoms with E-state index in [1.54, 1.807) is 43.5 Å². The maximum atomic E-state index is 12.5. The lowest BCUT2D eigenvalue weighted by molar-refractivity contribution is 0.102. The van der Waals surface area contributed by atoms with Gasteiger partial charge in [0.25, 0.3) is 5.91 Å². The van der Waals surface area contributed by atoms with Gasteiger partial charge in [-0.3, -0.25) is 4.79 Å². The van der Waals surface area contributed by atoms with Gasteiger partial charge in [-0.15, -0.1) is 0 Å². The number of ether oxygens (including phenoxy) is 3. The maximum absolute atomic E-state index is 12.5. The van der Waals surface area contributed by atoms with Crippen molar-refractivity contribution in [2.45, 2.75) is 26.7 Å². The van der Waals surface area contributed by atoms with Gasteiger partial charge in [0.15, 0.2) is 11.5 Å². The Morgan fingerprint density at radius 2 is 1.81 bits per heavy atom. The van der Waals surface area contributed by atoms with Gasteiger partial charge in [0.2, 0.25) is 0 Å². The second-order valence-electron chi connectivity index (χ2n) is 5.71. The fourth-order valence-electron chi connectivity index (χ4n) is 2.38. The van der Waals surface area contributed by atoms with Gasteiger partial charge in [0.1, 0.15) is 5.75 Å². The highest BCUT2D eigenvalue weighted by atomic mass is 16.5. The number of hydrogen-bond acceptors (Lipinski definition) is 5. The molecule has 3 N–H and O–H groups in total. The second-order valence-corrected chi connectivity index (χ2v) is 5.71. The summed E-state index contributed by atoms with van der Waals surface area (Å²) in [7, 11) is 1.54. The number of carbonyl (C=O) groups excluding carboxylic acids is 1. The lowest BCUT2D eigenvalue weighted by Gasteiger charge is -2.13. The third-order valence-electron chi connectivity index (χ3n) is 3.75. The molecule has 0 unspecified atom stereocenters. The quantitative estimate of drug-likeness (QED) is 0.521. The van der Waals surface area contributed by atoms with Crippen molar-refractivity contribution in [1.82, 2.24) is 0 Å². The molecular weight excluding hydrogens is 332 g/mol. The Kier molecular flexibility index (Phi) is 7.14. The highest BCUT2D eigenvalue weighted by Crippen LogP contribution is 2.30. The smallest absolute Gasteiger partial charge is 0.255 e. The summed E-state index contributed by atoms with van der Waals surface area (Å²) in [5.74, 6) is 1.52. The molecule has 2 rings (SSSR count). The summed E-state index contributed by atoms with van der Waals surface area (Å²) in [4.78, 5) is 12.5. The average molecular weight is 358 g/mol. The third kappa shape index (κ3) is 5.05. The minimum atomic E-state index is -0.254. The summed E-state index contributed by atoms with van der Waals surface area (Å²) in [6.45, 7) is 5.10. The lowest BCUT2D eigenvalue weighted by atomic mass is 10.1. The molecule has 140 valence electrons. The monoisotopic (exact) mass is 358 g/mol. The van der Waals surface area contributed by atoms with Crippen molar-refractivity contribution in [3.05, 3.63) is 42.0 Å². The SMILES string of the molecule is CCCCOc1ccc(C(=O)Nc2ccc(OC)c(N)c2)cc1OCC. The van der Waals surface area contributed by atoms with E-state index >= 15 is 0 Å². The molecule has 0 atom stereocenters. The number of nitrogens with one attached hydrogen (secondary N) is 1. The molecule has 0 radical (unpaired) electrons. The molecule has 1 amide bonds. The van der Waals surface area contributed by atoms with E-state index in [9.17, 15) is 4.79 Å². The van der Waals surface area contributed by atoms with Crippen molar-refractivity contribution >= 4 is 17.3 Å². The van der Waals surface area contributed by atoms with Crippen LogP contribution in [0.2, 0.25) is 0 Å². The zero-order chi connectivity index (χ0) is 18.9. The summed E-state index contributed by atoms with van der Waals surface area (Å²) < 4.78 is 16.5. The normalized spacial score (nSPS) is 10.3. The molecule has 6 nitrogen and oxygen atoms in total. The molecule has 0 aliphatic rings. The van der Waals surface area contributed by atoms with Gasteiger partial charge in [-0.1, -0.05) is 13.3 Å². The van der Waals surface area contributed by atoms with E-state index < -0.39 is 0 Å². The maximum Gasteiger partial charge on any atom is 0.255 e. The van der Waals surface area contributed by atoms with Crippen molar-refractivity contribution in [3.8, 4) is 17.2 Å². The Balaban J connectivity index is 2.14. The molecule has 0 bridgehead atoms. The number of methoxy groups -OCH3 is 1. The van der Waals surface area contributed by atoms with Crippen LogP contribution in [0.15, 0.2) is 36.4 Å². The topological polar surface area (TPSA) is 82.8 Å². The summed E-state index contributed by atoms with van der Waals surface area (Å²) in [6, 6.07) is 10.3. The molecule has 2 aromatic rings. The number of amides is 1. The Morgan fingerprint density at radius 3 is 2.46 bits per heavy atom. The zero-order valence-corrected chi connectivity index (χ0v) is 15.5. The summed E-state index contributed by atoms with van der Waals surface area (Å²) >= 11 is 0. The van der Waals surface area contributed by atoms with Gasteiger partial charge < -0.3 is 25.3 Å². The first-order chi connectivity index (χ1) is 12.6. The van der Waals surface area contributed by atoms with Gasteiger partial charge >= 0.3 is 0 Å². The third-order valence-corrected chi connectivity index (χ3v) is 3.75. The number of hydrogen-bond donors (Lipinski definition) is 2. The van der Waals surface area contributed by atoms with Crippen LogP contribution in [0.3, 0.4) is 0 Å². The summed E-state index contributed by atoms with van der Waals surface area (Å²) in [5.41, 5.74) is 7.40. The van der Waals surface area contributed by atoms with Crippen LogP contribution in [0.25, 0.3) is 0 Å². The number of carbonyl (C=O) groups is 1. The van der Waals surface area contributed by atoms with Crippen LogP contribution in [-0.4, -0.2) is 26.2 Å². The first kappa shape index (κ1) is 19.4. The highest BCUT2D eigenvalue weighted by molar-refractivity contribution is 6.05. The van der Waals surface area contributed by atoms with Gasteiger partial charge in [-0.05, 0) is 49.7 Å². The predicted octanol–water partition coefficient (Wildman–Crippen LogP) is 4.11.